The smallest absolute Gasteiger partial charge is 0.0789 e. The van der Waals surface area contributed by atoms with Gasteiger partial charge in [-0.15, -0.1) is 0 Å². The highest BCUT2D eigenvalue weighted by molar-refractivity contribution is 5.00. The van der Waals surface area contributed by atoms with Gasteiger partial charge in [0.2, 0.25) is 0 Å². The predicted octanol–water partition coefficient (Wildman–Crippen LogP) is 2.16. The lowest BCUT2D eigenvalue weighted by atomic mass is 9.94. The summed E-state index contributed by atoms with van der Waals surface area (Å²) in [5, 5.41) is 10.4. The fourth-order valence-corrected chi connectivity index (χ4v) is 2.81. The van der Waals surface area contributed by atoms with Gasteiger partial charge in [-0.25, -0.2) is 0 Å². The standard InChI is InChI=1S/C12H23NO/c1-3-4-7-12(14)8-10(2)13(9-12)11-5-6-11/h10-11,14H,3-9H2,1-2H3. The van der Waals surface area contributed by atoms with Gasteiger partial charge in [0.15, 0.2) is 0 Å². The van der Waals surface area contributed by atoms with Crippen molar-refractivity contribution >= 4 is 0 Å². The lowest BCUT2D eigenvalue weighted by Crippen LogP contribution is -2.34. The Morgan fingerprint density at radius 3 is 2.71 bits per heavy atom. The zero-order valence-electron chi connectivity index (χ0n) is 9.50. The summed E-state index contributed by atoms with van der Waals surface area (Å²) in [6.45, 7) is 5.39. The highest BCUT2D eigenvalue weighted by Crippen LogP contribution is 2.38. The molecule has 2 unspecified atom stereocenters. The molecule has 0 amide bonds. The van der Waals surface area contributed by atoms with E-state index in [-0.39, 0.29) is 5.60 Å². The second-order valence-corrected chi connectivity index (χ2v) is 5.28. The largest absolute Gasteiger partial charge is 0.388 e. The van der Waals surface area contributed by atoms with Crippen LogP contribution in [0.2, 0.25) is 0 Å². The fourth-order valence-electron chi connectivity index (χ4n) is 2.81. The highest BCUT2D eigenvalue weighted by Gasteiger charge is 2.45. The first-order valence-electron chi connectivity index (χ1n) is 6.13. The molecule has 14 heavy (non-hydrogen) atoms. The Hall–Kier alpha value is -0.0800. The quantitative estimate of drug-likeness (QED) is 0.746. The lowest BCUT2D eigenvalue weighted by molar-refractivity contribution is 0.0376. The molecule has 1 heterocycles. The van der Waals surface area contributed by atoms with E-state index in [1.54, 1.807) is 0 Å². The molecule has 0 aromatic rings. The van der Waals surface area contributed by atoms with Gasteiger partial charge >= 0.3 is 0 Å². The summed E-state index contributed by atoms with van der Waals surface area (Å²) in [6.07, 6.45) is 7.06. The third-order valence-corrected chi connectivity index (χ3v) is 3.73. The third-order valence-electron chi connectivity index (χ3n) is 3.73. The normalized spacial score (nSPS) is 39.2. The number of hydrogen-bond acceptors (Lipinski definition) is 2. The Morgan fingerprint density at radius 2 is 2.14 bits per heavy atom. The summed E-state index contributed by atoms with van der Waals surface area (Å²) in [5.74, 6) is 0. The third kappa shape index (κ3) is 2.12. The van der Waals surface area contributed by atoms with Crippen LogP contribution in [0.1, 0.15) is 52.4 Å². The molecular formula is C12H23NO. The summed E-state index contributed by atoms with van der Waals surface area (Å²) in [5.41, 5.74) is -0.363. The van der Waals surface area contributed by atoms with Crippen molar-refractivity contribution in [2.45, 2.75) is 70.1 Å². The van der Waals surface area contributed by atoms with E-state index in [4.69, 9.17) is 0 Å². The van der Waals surface area contributed by atoms with Crippen molar-refractivity contribution in [3.05, 3.63) is 0 Å². The van der Waals surface area contributed by atoms with E-state index in [2.05, 4.69) is 18.7 Å². The fraction of sp³-hybridized carbons (Fsp3) is 1.00. The molecular weight excluding hydrogens is 174 g/mol. The Balaban J connectivity index is 1.89. The van der Waals surface area contributed by atoms with Crippen molar-refractivity contribution in [3.8, 4) is 0 Å². The molecule has 2 atom stereocenters. The minimum atomic E-state index is -0.363. The molecule has 82 valence electrons. The van der Waals surface area contributed by atoms with Crippen LogP contribution in [0.25, 0.3) is 0 Å². The average molecular weight is 197 g/mol. The summed E-state index contributed by atoms with van der Waals surface area (Å²) >= 11 is 0. The van der Waals surface area contributed by atoms with Crippen molar-refractivity contribution in [2.75, 3.05) is 6.54 Å². The van der Waals surface area contributed by atoms with E-state index >= 15 is 0 Å². The van der Waals surface area contributed by atoms with Gasteiger partial charge in [0, 0.05) is 18.6 Å². The van der Waals surface area contributed by atoms with Crippen molar-refractivity contribution in [1.29, 1.82) is 0 Å². The number of unbranched alkanes of at least 4 members (excludes halogenated alkanes) is 1. The maximum atomic E-state index is 10.4. The van der Waals surface area contributed by atoms with E-state index in [0.29, 0.717) is 6.04 Å². The zero-order chi connectivity index (χ0) is 10.2. The monoisotopic (exact) mass is 197 g/mol. The molecule has 1 saturated carbocycles. The summed E-state index contributed by atoms with van der Waals surface area (Å²) in [4.78, 5) is 2.52. The average Bonchev–Trinajstić information content (AvgIpc) is 2.91. The number of rotatable bonds is 4. The first kappa shape index (κ1) is 10.4. The molecule has 2 aliphatic rings. The Bertz CT molecular complexity index is 202. The van der Waals surface area contributed by atoms with E-state index in [1.165, 1.54) is 25.7 Å². The molecule has 2 nitrogen and oxygen atoms in total. The maximum absolute atomic E-state index is 10.4. The van der Waals surface area contributed by atoms with Crippen LogP contribution >= 0.6 is 0 Å². The number of likely N-dealkylation sites (tertiary alicyclic amines) is 1. The first-order valence-corrected chi connectivity index (χ1v) is 6.13. The molecule has 0 radical (unpaired) electrons. The van der Waals surface area contributed by atoms with Gasteiger partial charge in [-0.3, -0.25) is 4.90 Å². The molecule has 0 aromatic carbocycles. The molecule has 1 N–H and O–H groups in total. The molecule has 0 bridgehead atoms. The van der Waals surface area contributed by atoms with Gasteiger partial charge in [-0.1, -0.05) is 19.8 Å². The van der Waals surface area contributed by atoms with E-state index in [9.17, 15) is 5.11 Å². The minimum Gasteiger partial charge on any atom is -0.388 e. The Kier molecular flexibility index (Phi) is 2.85. The highest BCUT2D eigenvalue weighted by atomic mass is 16.3. The predicted molar refractivity (Wildman–Crippen MR) is 58.3 cm³/mol. The van der Waals surface area contributed by atoms with Crippen molar-refractivity contribution in [3.63, 3.8) is 0 Å². The van der Waals surface area contributed by atoms with Gasteiger partial charge in [0.05, 0.1) is 5.60 Å². The van der Waals surface area contributed by atoms with Crippen LogP contribution in [-0.2, 0) is 0 Å². The molecule has 2 fully saturated rings. The van der Waals surface area contributed by atoms with Crippen molar-refractivity contribution < 1.29 is 5.11 Å². The number of β-amino-alcohol motifs (C(OH)–C–C–N with tert-alkyl or cyclic N) is 1. The molecule has 1 aliphatic carbocycles. The number of hydrogen-bond donors (Lipinski definition) is 1. The van der Waals surface area contributed by atoms with E-state index in [0.717, 1.165) is 25.4 Å². The molecule has 0 aromatic heterocycles. The molecule has 2 rings (SSSR count). The summed E-state index contributed by atoms with van der Waals surface area (Å²) in [6, 6.07) is 1.41. The summed E-state index contributed by atoms with van der Waals surface area (Å²) in [7, 11) is 0. The van der Waals surface area contributed by atoms with Crippen LogP contribution in [0.4, 0.5) is 0 Å². The van der Waals surface area contributed by atoms with Crippen molar-refractivity contribution in [2.24, 2.45) is 0 Å². The van der Waals surface area contributed by atoms with Crippen LogP contribution in [-0.4, -0.2) is 34.2 Å². The van der Waals surface area contributed by atoms with Gasteiger partial charge in [-0.05, 0) is 32.6 Å². The SMILES string of the molecule is CCCCC1(O)CC(C)N(C2CC2)C1. The Morgan fingerprint density at radius 1 is 1.43 bits per heavy atom. The van der Waals surface area contributed by atoms with Gasteiger partial charge in [-0.2, -0.15) is 0 Å². The number of nitrogens with zero attached hydrogens (tertiary/aromatic N) is 1. The molecule has 2 heteroatoms. The zero-order valence-corrected chi connectivity index (χ0v) is 9.50. The van der Waals surface area contributed by atoms with Crippen LogP contribution < -0.4 is 0 Å². The van der Waals surface area contributed by atoms with Crippen LogP contribution in [0.5, 0.6) is 0 Å². The second-order valence-electron chi connectivity index (χ2n) is 5.28. The minimum absolute atomic E-state index is 0.363. The lowest BCUT2D eigenvalue weighted by Gasteiger charge is -2.23. The van der Waals surface area contributed by atoms with E-state index in [1.807, 2.05) is 0 Å². The van der Waals surface area contributed by atoms with Crippen LogP contribution in [0.15, 0.2) is 0 Å². The molecule has 1 aliphatic heterocycles. The first-order chi connectivity index (χ1) is 6.64. The van der Waals surface area contributed by atoms with Gasteiger partial charge < -0.3 is 5.11 Å². The maximum Gasteiger partial charge on any atom is 0.0789 e. The van der Waals surface area contributed by atoms with Gasteiger partial charge in [0.1, 0.15) is 0 Å². The van der Waals surface area contributed by atoms with Crippen LogP contribution in [0, 0.1) is 0 Å². The van der Waals surface area contributed by atoms with Crippen molar-refractivity contribution in [1.82, 2.24) is 4.90 Å². The van der Waals surface area contributed by atoms with Crippen LogP contribution in [0.3, 0.4) is 0 Å². The Labute approximate surface area is 87.3 Å². The summed E-state index contributed by atoms with van der Waals surface area (Å²) < 4.78 is 0. The molecule has 1 saturated heterocycles. The van der Waals surface area contributed by atoms with E-state index < -0.39 is 0 Å². The second kappa shape index (κ2) is 3.82. The number of aliphatic hydroxyl groups is 1. The topological polar surface area (TPSA) is 23.5 Å². The van der Waals surface area contributed by atoms with Gasteiger partial charge in [0.25, 0.3) is 0 Å². The molecule has 0 spiro atoms.